The maximum atomic E-state index is 12.3. The number of carbonyl (C=O) groups excluding carboxylic acids is 1. The van der Waals surface area contributed by atoms with Crippen molar-refractivity contribution in [2.24, 2.45) is 0 Å². The zero-order chi connectivity index (χ0) is 31.6. The Balaban J connectivity index is 3.60. The summed E-state index contributed by atoms with van der Waals surface area (Å²) in [6.07, 6.45) is 37.5. The molecule has 256 valence electrons. The van der Waals surface area contributed by atoms with Gasteiger partial charge in [0, 0.05) is 6.42 Å². The van der Waals surface area contributed by atoms with Crippen molar-refractivity contribution in [3.05, 3.63) is 12.2 Å². The number of hydrogen-bond acceptors (Lipinski definition) is 4. The van der Waals surface area contributed by atoms with Crippen LogP contribution in [0.3, 0.4) is 0 Å². The van der Waals surface area contributed by atoms with Crippen molar-refractivity contribution in [1.82, 2.24) is 5.32 Å². The van der Waals surface area contributed by atoms with Crippen LogP contribution in [0.25, 0.3) is 0 Å². The van der Waals surface area contributed by atoms with E-state index in [4.69, 9.17) is 0 Å². The van der Waals surface area contributed by atoms with Crippen LogP contribution in [0, 0.1) is 0 Å². The van der Waals surface area contributed by atoms with E-state index < -0.39 is 18.2 Å². The van der Waals surface area contributed by atoms with E-state index in [9.17, 15) is 20.1 Å². The third-order valence-electron chi connectivity index (χ3n) is 8.87. The topological polar surface area (TPSA) is 89.8 Å². The molecule has 4 N–H and O–H groups in total. The molecule has 0 aliphatic rings. The Morgan fingerprint density at radius 2 is 0.930 bits per heavy atom. The largest absolute Gasteiger partial charge is 0.394 e. The number of amides is 1. The lowest BCUT2D eigenvalue weighted by molar-refractivity contribution is -0.124. The Morgan fingerprint density at radius 3 is 1.35 bits per heavy atom. The van der Waals surface area contributed by atoms with Gasteiger partial charge in [-0.15, -0.1) is 0 Å². The minimum absolute atomic E-state index is 0.151. The lowest BCUT2D eigenvalue weighted by Gasteiger charge is -2.26. The molecule has 5 nitrogen and oxygen atoms in total. The lowest BCUT2D eigenvalue weighted by atomic mass is 9.99. The second-order valence-corrected chi connectivity index (χ2v) is 13.1. The fraction of sp³-hybridized carbons (Fsp3) is 0.921. The molecule has 0 aromatic heterocycles. The number of allylic oxidation sites excluding steroid dienone is 2. The van der Waals surface area contributed by atoms with Crippen LogP contribution < -0.4 is 5.32 Å². The Kier molecular flexibility index (Phi) is 33.3. The Labute approximate surface area is 268 Å². The van der Waals surface area contributed by atoms with Crippen molar-refractivity contribution in [2.45, 2.75) is 218 Å². The molecule has 3 unspecified atom stereocenters. The minimum atomic E-state index is -1.13. The fourth-order valence-electron chi connectivity index (χ4n) is 5.86. The van der Waals surface area contributed by atoms with E-state index in [2.05, 4.69) is 31.3 Å². The quantitative estimate of drug-likeness (QED) is 0.0432. The van der Waals surface area contributed by atoms with Gasteiger partial charge in [-0.3, -0.25) is 4.79 Å². The van der Waals surface area contributed by atoms with Crippen LogP contribution in [-0.4, -0.2) is 46.1 Å². The smallest absolute Gasteiger partial charge is 0.220 e. The van der Waals surface area contributed by atoms with E-state index in [0.29, 0.717) is 12.8 Å². The molecular formula is C38H75NO4. The van der Waals surface area contributed by atoms with Crippen LogP contribution in [0.2, 0.25) is 0 Å². The molecule has 1 amide bonds. The van der Waals surface area contributed by atoms with E-state index in [0.717, 1.165) is 38.5 Å². The van der Waals surface area contributed by atoms with E-state index in [-0.39, 0.29) is 12.5 Å². The molecule has 0 spiro atoms. The summed E-state index contributed by atoms with van der Waals surface area (Å²) in [7, 11) is 0. The molecule has 0 aromatic carbocycles. The van der Waals surface area contributed by atoms with Crippen molar-refractivity contribution in [2.75, 3.05) is 6.61 Å². The van der Waals surface area contributed by atoms with Crippen molar-refractivity contribution >= 4 is 5.91 Å². The van der Waals surface area contributed by atoms with E-state index in [1.54, 1.807) is 0 Å². The SMILES string of the molecule is CCCCCCCCCCCC/C=C\CCCCCCCCCC(=O)NC(CO)C(O)C(O)CCCCCCCCCC. The summed E-state index contributed by atoms with van der Waals surface area (Å²) in [6.45, 7) is 4.13. The van der Waals surface area contributed by atoms with Crippen molar-refractivity contribution in [3.8, 4) is 0 Å². The van der Waals surface area contributed by atoms with Gasteiger partial charge in [-0.1, -0.05) is 167 Å². The standard InChI is InChI=1S/C38H75NO4/c1-3-5-7-9-11-13-14-15-16-17-18-19-20-21-22-23-24-25-27-29-31-33-37(42)39-35(34-40)38(43)36(41)32-30-28-26-12-10-8-6-4-2/h19-20,35-36,38,40-41,43H,3-18,21-34H2,1-2H3,(H,39,42)/b20-19-. The summed E-state index contributed by atoms with van der Waals surface area (Å²) in [5.41, 5.74) is 0. The molecule has 0 heterocycles. The van der Waals surface area contributed by atoms with Gasteiger partial charge >= 0.3 is 0 Å². The van der Waals surface area contributed by atoms with Gasteiger partial charge in [0.15, 0.2) is 0 Å². The number of nitrogens with one attached hydrogen (secondary N) is 1. The zero-order valence-corrected chi connectivity index (χ0v) is 28.8. The normalized spacial score (nSPS) is 13.9. The highest BCUT2D eigenvalue weighted by Crippen LogP contribution is 2.15. The fourth-order valence-corrected chi connectivity index (χ4v) is 5.86. The first-order chi connectivity index (χ1) is 21.1. The molecule has 0 bridgehead atoms. The molecule has 0 saturated heterocycles. The van der Waals surface area contributed by atoms with Crippen LogP contribution in [0.4, 0.5) is 0 Å². The van der Waals surface area contributed by atoms with Gasteiger partial charge in [-0.05, 0) is 38.5 Å². The number of carbonyl (C=O) groups is 1. The third-order valence-corrected chi connectivity index (χ3v) is 8.87. The number of rotatable bonds is 34. The summed E-state index contributed by atoms with van der Waals surface area (Å²) >= 11 is 0. The monoisotopic (exact) mass is 610 g/mol. The highest BCUT2D eigenvalue weighted by atomic mass is 16.3. The van der Waals surface area contributed by atoms with E-state index in [1.807, 2.05) is 0 Å². The van der Waals surface area contributed by atoms with Gasteiger partial charge in [0.1, 0.15) is 6.10 Å². The van der Waals surface area contributed by atoms with Crippen LogP contribution in [-0.2, 0) is 4.79 Å². The molecule has 43 heavy (non-hydrogen) atoms. The molecule has 0 aliphatic carbocycles. The Morgan fingerprint density at radius 1 is 0.558 bits per heavy atom. The molecule has 0 saturated carbocycles. The first kappa shape index (κ1) is 42.1. The third kappa shape index (κ3) is 29.6. The first-order valence-corrected chi connectivity index (χ1v) is 19.0. The zero-order valence-electron chi connectivity index (χ0n) is 28.8. The van der Waals surface area contributed by atoms with Crippen LogP contribution >= 0.6 is 0 Å². The molecule has 0 aromatic rings. The van der Waals surface area contributed by atoms with Crippen LogP contribution in [0.1, 0.15) is 200 Å². The molecule has 0 rings (SSSR count). The molecule has 0 aliphatic heterocycles. The minimum Gasteiger partial charge on any atom is -0.394 e. The highest BCUT2D eigenvalue weighted by molar-refractivity contribution is 5.76. The Hall–Kier alpha value is -0.910. The van der Waals surface area contributed by atoms with Crippen molar-refractivity contribution in [3.63, 3.8) is 0 Å². The maximum Gasteiger partial charge on any atom is 0.220 e. The highest BCUT2D eigenvalue weighted by Gasteiger charge is 2.26. The lowest BCUT2D eigenvalue weighted by Crippen LogP contribution is -2.50. The van der Waals surface area contributed by atoms with Gasteiger partial charge in [-0.25, -0.2) is 0 Å². The second-order valence-electron chi connectivity index (χ2n) is 13.1. The molecular weight excluding hydrogens is 534 g/mol. The van der Waals surface area contributed by atoms with Gasteiger partial charge in [-0.2, -0.15) is 0 Å². The van der Waals surface area contributed by atoms with E-state index in [1.165, 1.54) is 135 Å². The van der Waals surface area contributed by atoms with Crippen LogP contribution in [0.15, 0.2) is 12.2 Å². The van der Waals surface area contributed by atoms with Gasteiger partial charge in [0.05, 0.1) is 18.8 Å². The molecule has 3 atom stereocenters. The average Bonchev–Trinajstić information content (AvgIpc) is 3.01. The first-order valence-electron chi connectivity index (χ1n) is 19.0. The predicted octanol–water partition coefficient (Wildman–Crippen LogP) is 10.1. The number of hydrogen-bond donors (Lipinski definition) is 4. The maximum absolute atomic E-state index is 12.3. The van der Waals surface area contributed by atoms with Gasteiger partial charge in [0.2, 0.25) is 5.91 Å². The predicted molar refractivity (Wildman–Crippen MR) is 185 cm³/mol. The molecule has 5 heteroatoms. The summed E-state index contributed by atoms with van der Waals surface area (Å²) in [5.74, 6) is -0.151. The summed E-state index contributed by atoms with van der Waals surface area (Å²) < 4.78 is 0. The van der Waals surface area contributed by atoms with Crippen molar-refractivity contribution < 1.29 is 20.1 Å². The summed E-state index contributed by atoms with van der Waals surface area (Å²) in [6, 6.07) is -0.805. The second kappa shape index (κ2) is 34.0. The molecule has 0 radical (unpaired) electrons. The van der Waals surface area contributed by atoms with Crippen LogP contribution in [0.5, 0.6) is 0 Å². The summed E-state index contributed by atoms with van der Waals surface area (Å²) in [4.78, 5) is 12.3. The molecule has 0 fully saturated rings. The number of unbranched alkanes of at least 4 members (excludes halogenated alkanes) is 24. The Bertz CT molecular complexity index is 596. The number of aliphatic hydroxyl groups excluding tert-OH is 3. The van der Waals surface area contributed by atoms with E-state index >= 15 is 0 Å². The summed E-state index contributed by atoms with van der Waals surface area (Å²) in [5, 5.41) is 33.2. The average molecular weight is 610 g/mol. The number of aliphatic hydroxyl groups is 3. The van der Waals surface area contributed by atoms with Crippen molar-refractivity contribution in [1.29, 1.82) is 0 Å². The van der Waals surface area contributed by atoms with Gasteiger partial charge in [0.25, 0.3) is 0 Å². The van der Waals surface area contributed by atoms with Gasteiger partial charge < -0.3 is 20.6 Å².